The van der Waals surface area contributed by atoms with E-state index in [4.69, 9.17) is 4.74 Å². The predicted molar refractivity (Wildman–Crippen MR) is 83.6 cm³/mol. The van der Waals surface area contributed by atoms with Crippen LogP contribution in [-0.4, -0.2) is 26.8 Å². The van der Waals surface area contributed by atoms with E-state index in [1.807, 2.05) is 0 Å². The van der Waals surface area contributed by atoms with Crippen molar-refractivity contribution >= 4 is 37.5 Å². The summed E-state index contributed by atoms with van der Waals surface area (Å²) in [5, 5.41) is 0.870. The van der Waals surface area contributed by atoms with Crippen LogP contribution in [0.1, 0.15) is 18.4 Å². The second-order valence-electron chi connectivity index (χ2n) is 4.85. The van der Waals surface area contributed by atoms with E-state index in [1.165, 1.54) is 24.1 Å². The third-order valence-corrected chi connectivity index (χ3v) is 4.32. The molecule has 0 N–H and O–H groups in total. The van der Waals surface area contributed by atoms with Crippen molar-refractivity contribution in [2.75, 3.05) is 31.7 Å². The first-order valence-electron chi connectivity index (χ1n) is 6.34. The second-order valence-corrected chi connectivity index (χ2v) is 6.32. The molecule has 18 heavy (non-hydrogen) atoms. The molecular formula is C14H19Br2NO. The van der Waals surface area contributed by atoms with E-state index in [1.54, 1.807) is 0 Å². The Hall–Kier alpha value is -0.0600. The van der Waals surface area contributed by atoms with E-state index in [-0.39, 0.29) is 0 Å². The van der Waals surface area contributed by atoms with Gasteiger partial charge >= 0.3 is 0 Å². The lowest BCUT2D eigenvalue weighted by atomic mass is 10.2. The summed E-state index contributed by atoms with van der Waals surface area (Å²) >= 11 is 7.05. The highest BCUT2D eigenvalue weighted by Gasteiger charge is 2.21. The largest absolute Gasteiger partial charge is 0.379 e. The zero-order valence-corrected chi connectivity index (χ0v) is 13.8. The molecule has 0 amide bonds. The van der Waals surface area contributed by atoms with Crippen LogP contribution in [0.5, 0.6) is 0 Å². The number of nitrogens with zero attached hydrogens (tertiary/aromatic N) is 1. The first-order chi connectivity index (χ1) is 8.70. The minimum absolute atomic E-state index is 0.810. The summed E-state index contributed by atoms with van der Waals surface area (Å²) in [7, 11) is 2.12. The molecule has 2 nitrogen and oxygen atoms in total. The molecule has 0 saturated heterocycles. The Labute approximate surface area is 126 Å². The molecule has 1 fully saturated rings. The molecule has 2 rings (SSSR count). The number of halogens is 2. The van der Waals surface area contributed by atoms with Crippen LogP contribution in [0.3, 0.4) is 0 Å². The summed E-state index contributed by atoms with van der Waals surface area (Å²) in [6.45, 7) is 2.69. The molecule has 1 aromatic rings. The normalized spacial score (nSPS) is 14.8. The summed E-state index contributed by atoms with van der Waals surface area (Å²) in [5.74, 6) is 0.848. The molecule has 100 valence electrons. The van der Waals surface area contributed by atoms with Crippen LogP contribution in [0, 0.1) is 5.92 Å². The van der Waals surface area contributed by atoms with E-state index in [0.717, 1.165) is 35.5 Å². The molecule has 0 aromatic heterocycles. The van der Waals surface area contributed by atoms with Gasteiger partial charge in [-0.1, -0.05) is 31.9 Å². The quantitative estimate of drug-likeness (QED) is 0.522. The molecule has 4 heteroatoms. The summed E-state index contributed by atoms with van der Waals surface area (Å²) in [6, 6.07) is 6.40. The SMILES string of the molecule is CN(CCOCC1CC1)c1ccc(Br)cc1CBr. The van der Waals surface area contributed by atoms with Gasteiger partial charge in [0, 0.05) is 35.7 Å². The fourth-order valence-electron chi connectivity index (χ4n) is 1.89. The van der Waals surface area contributed by atoms with Crippen molar-refractivity contribution in [1.82, 2.24) is 0 Å². The Morgan fingerprint density at radius 3 is 2.83 bits per heavy atom. The topological polar surface area (TPSA) is 12.5 Å². The highest BCUT2D eigenvalue weighted by Crippen LogP contribution is 2.29. The Bertz CT molecular complexity index is 393. The fraction of sp³-hybridized carbons (Fsp3) is 0.571. The first-order valence-corrected chi connectivity index (χ1v) is 8.25. The van der Waals surface area contributed by atoms with Gasteiger partial charge in [-0.15, -0.1) is 0 Å². The van der Waals surface area contributed by atoms with Crippen LogP contribution < -0.4 is 4.90 Å². The van der Waals surface area contributed by atoms with Gasteiger partial charge in [0.15, 0.2) is 0 Å². The molecule has 0 atom stereocenters. The summed E-state index contributed by atoms with van der Waals surface area (Å²) in [4.78, 5) is 2.26. The highest BCUT2D eigenvalue weighted by molar-refractivity contribution is 9.10. The molecule has 1 saturated carbocycles. The van der Waals surface area contributed by atoms with E-state index in [9.17, 15) is 0 Å². The molecule has 0 spiro atoms. The van der Waals surface area contributed by atoms with Crippen LogP contribution in [0.2, 0.25) is 0 Å². The summed E-state index contributed by atoms with van der Waals surface area (Å²) in [6.07, 6.45) is 2.71. The number of ether oxygens (including phenoxy) is 1. The van der Waals surface area contributed by atoms with Crippen LogP contribution in [0.15, 0.2) is 22.7 Å². The maximum atomic E-state index is 5.68. The highest BCUT2D eigenvalue weighted by atomic mass is 79.9. The zero-order valence-electron chi connectivity index (χ0n) is 10.7. The van der Waals surface area contributed by atoms with Gasteiger partial charge in [-0.05, 0) is 42.5 Å². The van der Waals surface area contributed by atoms with Crippen LogP contribution >= 0.6 is 31.9 Å². The summed E-state index contributed by atoms with van der Waals surface area (Å²) in [5.41, 5.74) is 2.57. The van der Waals surface area contributed by atoms with E-state index in [2.05, 4.69) is 62.0 Å². The Morgan fingerprint density at radius 2 is 2.17 bits per heavy atom. The molecule has 0 unspecified atom stereocenters. The van der Waals surface area contributed by atoms with E-state index < -0.39 is 0 Å². The monoisotopic (exact) mass is 375 g/mol. The lowest BCUT2D eigenvalue weighted by Gasteiger charge is -2.22. The number of hydrogen-bond donors (Lipinski definition) is 0. The van der Waals surface area contributed by atoms with Crippen molar-refractivity contribution in [2.45, 2.75) is 18.2 Å². The first kappa shape index (κ1) is 14.4. The van der Waals surface area contributed by atoms with Gasteiger partial charge in [-0.25, -0.2) is 0 Å². The molecule has 0 aliphatic heterocycles. The third-order valence-electron chi connectivity index (χ3n) is 3.22. The number of hydrogen-bond acceptors (Lipinski definition) is 2. The van der Waals surface area contributed by atoms with Gasteiger partial charge in [0.1, 0.15) is 0 Å². The number of benzene rings is 1. The zero-order chi connectivity index (χ0) is 13.0. The number of likely N-dealkylation sites (N-methyl/N-ethyl adjacent to an activating group) is 1. The maximum Gasteiger partial charge on any atom is 0.0641 e. The number of alkyl halides is 1. The molecule has 0 bridgehead atoms. The molecule has 1 aromatic carbocycles. The lowest BCUT2D eigenvalue weighted by Crippen LogP contribution is -2.23. The van der Waals surface area contributed by atoms with Gasteiger partial charge in [0.2, 0.25) is 0 Å². The minimum Gasteiger partial charge on any atom is -0.379 e. The average molecular weight is 377 g/mol. The van der Waals surface area contributed by atoms with Crippen molar-refractivity contribution in [3.63, 3.8) is 0 Å². The maximum absolute atomic E-state index is 5.68. The molecular weight excluding hydrogens is 358 g/mol. The van der Waals surface area contributed by atoms with Gasteiger partial charge in [0.05, 0.1) is 6.61 Å². The minimum atomic E-state index is 0.810. The Kier molecular flexibility index (Phi) is 5.52. The molecule has 0 radical (unpaired) electrons. The van der Waals surface area contributed by atoms with Crippen molar-refractivity contribution in [1.29, 1.82) is 0 Å². The predicted octanol–water partition coefficient (Wildman–Crippen LogP) is 4.21. The Balaban J connectivity index is 1.84. The Morgan fingerprint density at radius 1 is 1.39 bits per heavy atom. The van der Waals surface area contributed by atoms with Crippen molar-refractivity contribution in [3.05, 3.63) is 28.2 Å². The van der Waals surface area contributed by atoms with Crippen LogP contribution in [-0.2, 0) is 10.1 Å². The van der Waals surface area contributed by atoms with E-state index in [0.29, 0.717) is 0 Å². The molecule has 0 heterocycles. The van der Waals surface area contributed by atoms with Crippen LogP contribution in [0.4, 0.5) is 5.69 Å². The average Bonchev–Trinajstić information content (AvgIpc) is 3.18. The van der Waals surface area contributed by atoms with Crippen LogP contribution in [0.25, 0.3) is 0 Å². The third kappa shape index (κ3) is 4.25. The van der Waals surface area contributed by atoms with Crippen molar-refractivity contribution in [2.24, 2.45) is 5.92 Å². The van der Waals surface area contributed by atoms with E-state index >= 15 is 0 Å². The lowest BCUT2D eigenvalue weighted by molar-refractivity contribution is 0.131. The fourth-order valence-corrected chi connectivity index (χ4v) is 2.75. The standard InChI is InChI=1S/C14H19Br2NO/c1-17(6-7-18-10-11-2-3-11)14-5-4-13(16)8-12(14)9-15/h4-5,8,11H,2-3,6-7,9-10H2,1H3. The van der Waals surface area contributed by atoms with Gasteiger partial charge in [0.25, 0.3) is 0 Å². The number of anilines is 1. The summed E-state index contributed by atoms with van der Waals surface area (Å²) < 4.78 is 6.81. The van der Waals surface area contributed by atoms with Gasteiger partial charge in [-0.3, -0.25) is 0 Å². The van der Waals surface area contributed by atoms with Crippen molar-refractivity contribution in [3.8, 4) is 0 Å². The van der Waals surface area contributed by atoms with Crippen molar-refractivity contribution < 1.29 is 4.74 Å². The number of rotatable bonds is 7. The molecule has 1 aliphatic rings. The van der Waals surface area contributed by atoms with Gasteiger partial charge in [-0.2, -0.15) is 0 Å². The van der Waals surface area contributed by atoms with Gasteiger partial charge < -0.3 is 9.64 Å². The smallest absolute Gasteiger partial charge is 0.0641 e. The second kappa shape index (κ2) is 6.92. The molecule has 1 aliphatic carbocycles.